The maximum absolute atomic E-state index is 12.4. The van der Waals surface area contributed by atoms with Gasteiger partial charge in [0, 0.05) is 28.7 Å². The van der Waals surface area contributed by atoms with E-state index < -0.39 is 19.9 Å². The molecule has 2 aliphatic heterocycles. The molecular weight excluding hydrogens is 503 g/mol. The molecule has 2 unspecified atom stereocenters. The summed E-state index contributed by atoms with van der Waals surface area (Å²) in [5, 5.41) is 1.19. The molecule has 0 saturated heterocycles. The van der Waals surface area contributed by atoms with Crippen LogP contribution in [-0.4, -0.2) is 37.5 Å². The van der Waals surface area contributed by atoms with Gasteiger partial charge in [0.05, 0.1) is 25.4 Å². The largest absolute Gasteiger partial charge is 0 e. The number of hydrogen-bond donors (Lipinski definition) is 0. The Balaban J connectivity index is -0.000000364. The van der Waals surface area contributed by atoms with Crippen molar-refractivity contribution in [1.29, 1.82) is 0 Å². The van der Waals surface area contributed by atoms with Gasteiger partial charge in [-0.25, -0.2) is 9.59 Å². The van der Waals surface area contributed by atoms with E-state index in [1.165, 1.54) is 30.7 Å². The quantitative estimate of drug-likeness (QED) is 0.197. The molecule has 34 heavy (non-hydrogen) atoms. The van der Waals surface area contributed by atoms with Gasteiger partial charge in [0.15, 0.2) is 0 Å². The van der Waals surface area contributed by atoms with Gasteiger partial charge < -0.3 is 9.47 Å². The Morgan fingerprint density at radius 3 is 1.26 bits per heavy atom. The van der Waals surface area contributed by atoms with Crippen molar-refractivity contribution < 1.29 is 59.7 Å². The van der Waals surface area contributed by atoms with Crippen molar-refractivity contribution in [2.45, 2.75) is 25.2 Å². The van der Waals surface area contributed by atoms with Gasteiger partial charge in [0.25, 0.3) is 0 Å². The minimum Gasteiger partial charge on any atom is 0 e. The van der Waals surface area contributed by atoms with Crippen LogP contribution in [0.3, 0.4) is 0 Å². The van der Waals surface area contributed by atoms with Crippen molar-refractivity contribution in [3.05, 3.63) is 85.9 Å². The Kier molecular flexibility index (Phi) is 25.1. The van der Waals surface area contributed by atoms with Gasteiger partial charge in [-0.05, 0) is 19.2 Å². The first-order valence-corrected chi connectivity index (χ1v) is 9.94. The van der Waals surface area contributed by atoms with Crippen LogP contribution in [-0.2, 0) is 59.7 Å². The van der Waals surface area contributed by atoms with Crippen LogP contribution in [0.2, 0.25) is 0 Å². The maximum atomic E-state index is 12.4. The molecule has 0 N–H and O–H groups in total. The average Bonchev–Trinajstić information content (AvgIpc) is 3.40. The number of methoxy groups -OCH3 is 2. The summed E-state index contributed by atoms with van der Waals surface area (Å²) >= 11 is 0. The first kappa shape index (κ1) is 38.6. The van der Waals surface area contributed by atoms with Crippen molar-refractivity contribution in [3.63, 3.8) is 0 Å². The molecule has 1 aromatic carbocycles. The number of carbonyl (C=O) groups is 2. The molecule has 2 bridgehead atoms. The molecule has 0 amide bonds. The predicted molar refractivity (Wildman–Crippen MR) is 110 cm³/mol. The third-order valence-corrected chi connectivity index (χ3v) is 8.00. The van der Waals surface area contributed by atoms with E-state index in [1.807, 2.05) is 18.2 Å². The van der Waals surface area contributed by atoms with E-state index in [4.69, 9.17) is 32.7 Å². The monoisotopic (exact) mass is 522 g/mol. The molecule has 0 aliphatic carbocycles. The van der Waals surface area contributed by atoms with Gasteiger partial charge in [-0.3, -0.25) is 0 Å². The summed E-state index contributed by atoms with van der Waals surface area (Å²) in [4.78, 5) is 24.7. The van der Waals surface area contributed by atoms with Crippen LogP contribution in [0.4, 0.5) is 0 Å². The van der Waals surface area contributed by atoms with E-state index in [-0.39, 0.29) is 28.7 Å². The van der Waals surface area contributed by atoms with Gasteiger partial charge >= 0.3 is 68.5 Å². The molecule has 1 aromatic rings. The van der Waals surface area contributed by atoms with Crippen LogP contribution in [0.5, 0.6) is 0 Å². The summed E-state index contributed by atoms with van der Waals surface area (Å²) in [7, 11) is 1.97. The van der Waals surface area contributed by atoms with Crippen molar-refractivity contribution in [1.82, 2.24) is 0 Å². The third-order valence-electron chi connectivity index (χ3n) is 4.70. The Labute approximate surface area is 210 Å². The predicted octanol–water partition coefficient (Wildman–Crippen LogP) is 2.35. The van der Waals surface area contributed by atoms with Gasteiger partial charge in [0.2, 0.25) is 0 Å². The number of ether oxygens (including phenoxy) is 2. The van der Waals surface area contributed by atoms with Crippen LogP contribution < -0.4 is 5.30 Å². The van der Waals surface area contributed by atoms with Crippen molar-refractivity contribution >= 4 is 25.2 Å². The molecule has 2 aliphatic rings. The van der Waals surface area contributed by atoms with Crippen molar-refractivity contribution in [2.24, 2.45) is 0 Å². The zero-order valence-corrected chi connectivity index (χ0v) is 20.7. The van der Waals surface area contributed by atoms with Gasteiger partial charge in [0.1, 0.15) is 0 Å². The van der Waals surface area contributed by atoms with E-state index in [0.717, 1.165) is 0 Å². The van der Waals surface area contributed by atoms with Crippen molar-refractivity contribution in [3.8, 4) is 0 Å². The summed E-state index contributed by atoms with van der Waals surface area (Å²) in [6, 6.07) is 10.1. The minimum absolute atomic E-state index is 0. The summed E-state index contributed by atoms with van der Waals surface area (Å²) in [6.45, 7) is 26.6. The summed E-state index contributed by atoms with van der Waals surface area (Å²) < 4.78 is 47.4. The smallest absolute Gasteiger partial charge is 0 e. The molecule has 11 heteroatoms. The molecule has 2 atom stereocenters. The summed E-state index contributed by atoms with van der Waals surface area (Å²) in [5.41, 5.74) is 3.22. The number of benzene rings is 1. The number of esters is 2. The van der Waals surface area contributed by atoms with Crippen LogP contribution in [0.1, 0.15) is 13.8 Å². The van der Waals surface area contributed by atoms with Gasteiger partial charge in [-0.15, -0.1) is 0 Å². The van der Waals surface area contributed by atoms with Crippen molar-refractivity contribution in [2.75, 3.05) is 14.2 Å². The van der Waals surface area contributed by atoms with Crippen LogP contribution in [0, 0.1) is 33.3 Å². The van der Waals surface area contributed by atoms with Gasteiger partial charge in [-0.2, -0.15) is 0 Å². The second-order valence-electron chi connectivity index (χ2n) is 5.72. The first-order valence-electron chi connectivity index (χ1n) is 8.46. The number of allylic oxidation sites excluding steroid dienone is 2. The number of fused-ring (bicyclic) bond motifs is 2. The molecule has 0 saturated carbocycles. The molecule has 9 nitrogen and oxygen atoms in total. The zero-order valence-electron chi connectivity index (χ0n) is 18.6. The van der Waals surface area contributed by atoms with Gasteiger partial charge in [-0.1, -0.05) is 49.4 Å². The second kappa shape index (κ2) is 22.1. The SMILES string of the molecule is COC(=O)C1=C(C(=O)OC)C2C(C)=C(C)C1P2c1ccccc1.[C-]#[O+].[C-]#[O+].[C-]#[O+].[C-]#[O+].[C-]#[O+].[Cr]. The molecule has 0 fully saturated rings. The Morgan fingerprint density at radius 2 is 1.00 bits per heavy atom. The fourth-order valence-corrected chi connectivity index (χ4v) is 7.26. The number of rotatable bonds is 3. The summed E-state index contributed by atoms with van der Waals surface area (Å²) in [6.07, 6.45) is 0. The first-order chi connectivity index (χ1) is 16.0. The third kappa shape index (κ3) is 8.26. The normalized spacial score (nSPS) is 17.8. The van der Waals surface area contributed by atoms with E-state index in [1.54, 1.807) is 0 Å². The molecule has 0 spiro atoms. The van der Waals surface area contributed by atoms with E-state index in [9.17, 15) is 9.59 Å². The molecule has 176 valence electrons. The average molecular weight is 522 g/mol. The fourth-order valence-electron chi connectivity index (χ4n) is 3.56. The number of hydrogen-bond acceptors (Lipinski definition) is 4. The van der Waals surface area contributed by atoms with E-state index >= 15 is 0 Å². The minimum atomic E-state index is -0.735. The van der Waals surface area contributed by atoms with Crippen LogP contribution in [0.25, 0.3) is 0 Å². The van der Waals surface area contributed by atoms with E-state index in [2.05, 4.69) is 59.2 Å². The molecule has 2 heterocycles. The molecule has 3 rings (SSSR count). The zero-order chi connectivity index (χ0) is 26.7. The maximum Gasteiger partial charge on any atom is 0 e. The Morgan fingerprint density at radius 1 is 0.706 bits per heavy atom. The van der Waals surface area contributed by atoms with Crippen LogP contribution >= 0.6 is 7.92 Å². The topological polar surface area (TPSA) is 152 Å². The molecule has 0 radical (unpaired) electrons. The molecular formula is C23H19CrO9P. The Bertz CT molecular complexity index is 879. The second-order valence-corrected chi connectivity index (χ2v) is 8.09. The fraction of sp³-hybridized carbons (Fsp3) is 0.261. The number of carbonyl (C=O) groups excluding carboxylic acids is 2. The Hall–Kier alpha value is -2.70. The van der Waals surface area contributed by atoms with Crippen LogP contribution in [0.15, 0.2) is 52.6 Å². The summed E-state index contributed by atoms with van der Waals surface area (Å²) in [5.74, 6) is -0.846. The standard InChI is InChI=1S/C18H19O4P.5CO.Cr/c1-10-11(2)16-14(18(20)22-4)13(17(19)21-3)15(10)23(16)12-8-6-5-7-9-12;5*1-2;/h5-9,15-16H,1-4H3;;;;;;. The molecule has 0 aromatic heterocycles. The van der Waals surface area contributed by atoms with E-state index in [0.29, 0.717) is 11.1 Å².